The number of hydrogen-bond acceptors (Lipinski definition) is 2. The fraction of sp³-hybridized carbons (Fsp3) is 0.133. The van der Waals surface area contributed by atoms with Crippen molar-refractivity contribution in [2.75, 3.05) is 24.3 Å². The van der Waals surface area contributed by atoms with Crippen LogP contribution in [-0.4, -0.2) is 20.0 Å². The average molecular weight is 309 g/mol. The summed E-state index contributed by atoms with van der Waals surface area (Å²) < 4.78 is 0. The second-order valence-corrected chi connectivity index (χ2v) is 5.31. The zero-order valence-electron chi connectivity index (χ0n) is 11.2. The van der Waals surface area contributed by atoms with E-state index in [1.165, 1.54) is 0 Å². The van der Waals surface area contributed by atoms with Crippen molar-refractivity contribution in [1.82, 2.24) is 0 Å². The molecule has 0 unspecified atom stereocenters. The molecule has 2 rings (SSSR count). The Morgan fingerprint density at radius 1 is 1.05 bits per heavy atom. The lowest BCUT2D eigenvalue weighted by molar-refractivity contribution is 0.102. The highest BCUT2D eigenvalue weighted by molar-refractivity contribution is 6.42. The number of benzene rings is 2. The van der Waals surface area contributed by atoms with E-state index >= 15 is 0 Å². The third-order valence-corrected chi connectivity index (χ3v) is 3.55. The molecule has 104 valence electrons. The highest BCUT2D eigenvalue weighted by Crippen LogP contribution is 2.26. The number of nitrogens with one attached hydrogen (secondary N) is 1. The van der Waals surface area contributed by atoms with Crippen LogP contribution in [0.3, 0.4) is 0 Å². The van der Waals surface area contributed by atoms with E-state index in [9.17, 15) is 4.79 Å². The van der Waals surface area contributed by atoms with E-state index in [4.69, 9.17) is 23.2 Å². The van der Waals surface area contributed by atoms with E-state index in [1.807, 2.05) is 43.3 Å². The van der Waals surface area contributed by atoms with Crippen molar-refractivity contribution in [3.05, 3.63) is 58.1 Å². The number of carbonyl (C=O) groups is 1. The second kappa shape index (κ2) is 6.16. The molecule has 2 aromatic rings. The summed E-state index contributed by atoms with van der Waals surface area (Å²) in [5, 5.41) is 3.66. The van der Waals surface area contributed by atoms with E-state index in [0.717, 1.165) is 11.4 Å². The van der Waals surface area contributed by atoms with Gasteiger partial charge in [0.25, 0.3) is 5.91 Å². The Bertz CT molecular complexity index is 642. The summed E-state index contributed by atoms with van der Waals surface area (Å²) in [5.41, 5.74) is 2.14. The van der Waals surface area contributed by atoms with Gasteiger partial charge in [-0.25, -0.2) is 0 Å². The van der Waals surface area contributed by atoms with Gasteiger partial charge in [-0.1, -0.05) is 35.3 Å². The van der Waals surface area contributed by atoms with Crippen LogP contribution in [0.25, 0.3) is 0 Å². The third-order valence-electron chi connectivity index (χ3n) is 2.82. The highest BCUT2D eigenvalue weighted by Gasteiger charge is 2.11. The van der Waals surface area contributed by atoms with Gasteiger partial charge in [-0.2, -0.15) is 0 Å². The highest BCUT2D eigenvalue weighted by atomic mass is 35.5. The third kappa shape index (κ3) is 3.24. The van der Waals surface area contributed by atoms with Crippen LogP contribution < -0.4 is 10.2 Å². The standard InChI is InChI=1S/C15H14Cl2N2O/c1-19(2)14-6-4-3-5-13(14)18-15(20)10-7-8-11(16)12(17)9-10/h3-9H,1-2H3,(H,18,20). The summed E-state index contributed by atoms with van der Waals surface area (Å²) >= 11 is 11.8. The molecule has 0 fully saturated rings. The Kier molecular flexibility index (Phi) is 4.53. The van der Waals surface area contributed by atoms with Gasteiger partial charge in [0.2, 0.25) is 0 Å². The molecular formula is C15H14Cl2N2O. The first-order valence-corrected chi connectivity index (χ1v) is 6.77. The molecule has 20 heavy (non-hydrogen) atoms. The van der Waals surface area contributed by atoms with Gasteiger partial charge in [-0.3, -0.25) is 4.79 Å². The molecule has 3 nitrogen and oxygen atoms in total. The maximum Gasteiger partial charge on any atom is 0.255 e. The molecule has 5 heteroatoms. The predicted molar refractivity (Wildman–Crippen MR) is 85.2 cm³/mol. The van der Waals surface area contributed by atoms with Crippen LogP contribution in [0.15, 0.2) is 42.5 Å². The summed E-state index contributed by atoms with van der Waals surface area (Å²) in [4.78, 5) is 14.2. The summed E-state index contributed by atoms with van der Waals surface area (Å²) in [6, 6.07) is 12.4. The summed E-state index contributed by atoms with van der Waals surface area (Å²) in [5.74, 6) is -0.224. The van der Waals surface area contributed by atoms with Crippen molar-refractivity contribution < 1.29 is 4.79 Å². The van der Waals surface area contributed by atoms with Gasteiger partial charge in [0, 0.05) is 19.7 Å². The maximum absolute atomic E-state index is 12.2. The zero-order valence-corrected chi connectivity index (χ0v) is 12.7. The molecule has 0 heterocycles. The van der Waals surface area contributed by atoms with Crippen molar-refractivity contribution in [2.45, 2.75) is 0 Å². The van der Waals surface area contributed by atoms with Crippen LogP contribution in [0, 0.1) is 0 Å². The molecule has 1 N–H and O–H groups in total. The molecule has 0 atom stereocenters. The number of hydrogen-bond donors (Lipinski definition) is 1. The topological polar surface area (TPSA) is 32.3 Å². The van der Waals surface area contributed by atoms with E-state index < -0.39 is 0 Å². The number of carbonyl (C=O) groups excluding carboxylic acids is 1. The van der Waals surface area contributed by atoms with Crippen LogP contribution in [0.4, 0.5) is 11.4 Å². The van der Waals surface area contributed by atoms with E-state index in [0.29, 0.717) is 15.6 Å². The Hall–Kier alpha value is -1.71. The van der Waals surface area contributed by atoms with Gasteiger partial charge in [0.05, 0.1) is 21.4 Å². The van der Waals surface area contributed by atoms with Crippen LogP contribution in [-0.2, 0) is 0 Å². The van der Waals surface area contributed by atoms with Crippen LogP contribution in [0.5, 0.6) is 0 Å². The molecule has 0 aliphatic heterocycles. The van der Waals surface area contributed by atoms with E-state index in [1.54, 1.807) is 18.2 Å². The van der Waals surface area contributed by atoms with Crippen molar-refractivity contribution >= 4 is 40.5 Å². The molecule has 0 aromatic heterocycles. The van der Waals surface area contributed by atoms with Crippen molar-refractivity contribution in [2.24, 2.45) is 0 Å². The van der Waals surface area contributed by atoms with Gasteiger partial charge >= 0.3 is 0 Å². The van der Waals surface area contributed by atoms with Crippen molar-refractivity contribution in [1.29, 1.82) is 0 Å². The van der Waals surface area contributed by atoms with Gasteiger partial charge in [-0.05, 0) is 30.3 Å². The Morgan fingerprint density at radius 2 is 1.75 bits per heavy atom. The second-order valence-electron chi connectivity index (χ2n) is 4.49. The largest absolute Gasteiger partial charge is 0.376 e. The Balaban J connectivity index is 2.26. The SMILES string of the molecule is CN(C)c1ccccc1NC(=O)c1ccc(Cl)c(Cl)c1. The number of amides is 1. The summed E-state index contributed by atoms with van der Waals surface area (Å²) in [6.45, 7) is 0. The summed E-state index contributed by atoms with van der Waals surface area (Å²) in [7, 11) is 3.84. The lowest BCUT2D eigenvalue weighted by Gasteiger charge is -2.17. The molecule has 0 bridgehead atoms. The molecule has 0 aliphatic rings. The first-order chi connectivity index (χ1) is 9.49. The monoisotopic (exact) mass is 308 g/mol. The molecule has 1 amide bonds. The minimum Gasteiger partial charge on any atom is -0.376 e. The Morgan fingerprint density at radius 3 is 2.40 bits per heavy atom. The number of para-hydroxylation sites is 2. The molecule has 0 saturated carbocycles. The molecule has 2 aromatic carbocycles. The average Bonchev–Trinajstić information content (AvgIpc) is 2.42. The molecular weight excluding hydrogens is 295 g/mol. The summed E-state index contributed by atoms with van der Waals surface area (Å²) in [6.07, 6.45) is 0. The van der Waals surface area contributed by atoms with E-state index in [2.05, 4.69) is 5.32 Å². The van der Waals surface area contributed by atoms with Gasteiger partial charge in [-0.15, -0.1) is 0 Å². The number of anilines is 2. The predicted octanol–water partition coefficient (Wildman–Crippen LogP) is 4.31. The van der Waals surface area contributed by atoms with E-state index in [-0.39, 0.29) is 5.91 Å². The molecule has 0 spiro atoms. The minimum atomic E-state index is -0.224. The van der Waals surface area contributed by atoms with Gasteiger partial charge in [0.1, 0.15) is 0 Å². The minimum absolute atomic E-state index is 0.224. The van der Waals surface area contributed by atoms with Gasteiger partial charge in [0.15, 0.2) is 0 Å². The number of halogens is 2. The lowest BCUT2D eigenvalue weighted by Crippen LogP contribution is -2.16. The zero-order chi connectivity index (χ0) is 14.7. The fourth-order valence-corrected chi connectivity index (χ4v) is 2.10. The molecule has 0 radical (unpaired) electrons. The smallest absolute Gasteiger partial charge is 0.255 e. The normalized spacial score (nSPS) is 10.2. The van der Waals surface area contributed by atoms with Crippen LogP contribution >= 0.6 is 23.2 Å². The van der Waals surface area contributed by atoms with Gasteiger partial charge < -0.3 is 10.2 Å². The van der Waals surface area contributed by atoms with Crippen LogP contribution in [0.1, 0.15) is 10.4 Å². The quantitative estimate of drug-likeness (QED) is 0.916. The first kappa shape index (κ1) is 14.7. The Labute approximate surface area is 128 Å². The number of rotatable bonds is 3. The van der Waals surface area contributed by atoms with Crippen molar-refractivity contribution in [3.8, 4) is 0 Å². The maximum atomic E-state index is 12.2. The first-order valence-electron chi connectivity index (χ1n) is 6.02. The number of nitrogens with zero attached hydrogens (tertiary/aromatic N) is 1. The van der Waals surface area contributed by atoms with Crippen molar-refractivity contribution in [3.63, 3.8) is 0 Å². The molecule has 0 aliphatic carbocycles. The van der Waals surface area contributed by atoms with Crippen LogP contribution in [0.2, 0.25) is 10.0 Å². The lowest BCUT2D eigenvalue weighted by atomic mass is 10.2. The molecule has 0 saturated heterocycles. The fourth-order valence-electron chi connectivity index (χ4n) is 1.80.